The van der Waals surface area contributed by atoms with E-state index in [2.05, 4.69) is 20.6 Å². The summed E-state index contributed by atoms with van der Waals surface area (Å²) < 4.78 is 22.9. The van der Waals surface area contributed by atoms with Gasteiger partial charge in [0.25, 0.3) is 0 Å². The number of hydrogen-bond acceptors (Lipinski definition) is 7. The average Bonchev–Trinajstić information content (AvgIpc) is 2.72. The summed E-state index contributed by atoms with van der Waals surface area (Å²) >= 11 is 0. The summed E-state index contributed by atoms with van der Waals surface area (Å²) in [6.07, 6.45) is 5.65. The first-order chi connectivity index (χ1) is 13.5. The van der Waals surface area contributed by atoms with Gasteiger partial charge in [-0.15, -0.1) is 0 Å². The molecule has 3 heterocycles. The third-order valence-electron chi connectivity index (χ3n) is 4.89. The Bertz CT molecular complexity index is 1080. The van der Waals surface area contributed by atoms with E-state index in [1.54, 1.807) is 24.5 Å². The van der Waals surface area contributed by atoms with Gasteiger partial charge in [-0.05, 0) is 50.0 Å². The first kappa shape index (κ1) is 18.7. The maximum Gasteiger partial charge on any atom is 0.238 e. The van der Waals surface area contributed by atoms with Crippen molar-refractivity contribution in [3.05, 3.63) is 42.7 Å². The van der Waals surface area contributed by atoms with Gasteiger partial charge in [0.2, 0.25) is 10.0 Å². The lowest BCUT2D eigenvalue weighted by Gasteiger charge is -2.23. The molecular formula is C19H22N6O2S. The fraction of sp³-hybridized carbons (Fsp3) is 0.316. The van der Waals surface area contributed by atoms with Gasteiger partial charge < -0.3 is 10.6 Å². The maximum absolute atomic E-state index is 11.5. The van der Waals surface area contributed by atoms with Crippen LogP contribution >= 0.6 is 0 Å². The predicted octanol–water partition coefficient (Wildman–Crippen LogP) is 1.75. The Labute approximate surface area is 163 Å². The number of fused-ring (bicyclic) bond motifs is 1. The zero-order chi connectivity index (χ0) is 19.6. The number of hydrogen-bond donors (Lipinski definition) is 3. The molecule has 146 valence electrons. The topological polar surface area (TPSA) is 123 Å². The van der Waals surface area contributed by atoms with Crippen molar-refractivity contribution in [1.29, 1.82) is 0 Å². The number of nitrogens with two attached hydrogens (primary N) is 1. The third kappa shape index (κ3) is 4.11. The average molecular weight is 398 g/mol. The van der Waals surface area contributed by atoms with Crippen molar-refractivity contribution < 1.29 is 8.42 Å². The number of piperidine rings is 1. The van der Waals surface area contributed by atoms with Gasteiger partial charge in [0.05, 0.1) is 16.1 Å². The van der Waals surface area contributed by atoms with Crippen LogP contribution in [0.2, 0.25) is 0 Å². The van der Waals surface area contributed by atoms with Crippen LogP contribution in [0.1, 0.15) is 12.8 Å². The van der Waals surface area contributed by atoms with Crippen LogP contribution in [0.4, 0.5) is 5.82 Å². The Hall–Kier alpha value is -2.62. The van der Waals surface area contributed by atoms with Gasteiger partial charge in [-0.2, -0.15) is 0 Å². The first-order valence-corrected chi connectivity index (χ1v) is 10.7. The van der Waals surface area contributed by atoms with Crippen molar-refractivity contribution >= 4 is 26.9 Å². The molecule has 4 rings (SSSR count). The molecule has 1 fully saturated rings. The summed E-state index contributed by atoms with van der Waals surface area (Å²) in [7, 11) is -3.73. The van der Waals surface area contributed by atoms with Crippen molar-refractivity contribution in [2.75, 3.05) is 25.0 Å². The second kappa shape index (κ2) is 7.78. The second-order valence-corrected chi connectivity index (χ2v) is 8.50. The zero-order valence-electron chi connectivity index (χ0n) is 15.3. The summed E-state index contributed by atoms with van der Waals surface area (Å²) in [6, 6.07) is 8.20. The highest BCUT2D eigenvalue weighted by Crippen LogP contribution is 2.26. The van der Waals surface area contributed by atoms with E-state index < -0.39 is 10.0 Å². The van der Waals surface area contributed by atoms with Crippen LogP contribution in [0, 0.1) is 5.92 Å². The molecule has 4 N–H and O–H groups in total. The normalized spacial score (nSPS) is 17.5. The first-order valence-electron chi connectivity index (χ1n) is 9.20. The van der Waals surface area contributed by atoms with Gasteiger partial charge >= 0.3 is 0 Å². The smallest absolute Gasteiger partial charge is 0.238 e. The third-order valence-corrected chi connectivity index (χ3v) is 5.82. The molecule has 3 aromatic rings. The molecule has 8 nitrogen and oxygen atoms in total. The molecule has 1 aromatic carbocycles. The molecule has 1 saturated heterocycles. The van der Waals surface area contributed by atoms with Crippen LogP contribution in [0.5, 0.6) is 0 Å². The van der Waals surface area contributed by atoms with Gasteiger partial charge in [-0.3, -0.25) is 4.98 Å². The highest BCUT2D eigenvalue weighted by Gasteiger charge is 2.15. The standard InChI is InChI=1S/C19H22N6O2S/c20-28(26,27)15-5-3-14(4-6-15)16-10-17-18(23-9-8-22-17)19(25-16)24-12-13-2-1-7-21-11-13/h3-6,8-10,13,21H,1-2,7,11-12H2,(H,24,25)(H2,20,26,27). The molecular weight excluding hydrogens is 376 g/mol. The van der Waals surface area contributed by atoms with Gasteiger partial charge in [0.1, 0.15) is 5.52 Å². The number of benzene rings is 1. The lowest BCUT2D eigenvalue weighted by Crippen LogP contribution is -2.33. The Kier molecular flexibility index (Phi) is 5.21. The SMILES string of the molecule is NS(=O)(=O)c1ccc(-c2cc3nccnc3c(NCC3CCCNC3)n2)cc1. The Balaban J connectivity index is 1.67. The Morgan fingerprint density at radius 3 is 2.68 bits per heavy atom. The van der Waals surface area contributed by atoms with E-state index >= 15 is 0 Å². The minimum Gasteiger partial charge on any atom is -0.368 e. The predicted molar refractivity (Wildman–Crippen MR) is 108 cm³/mol. The number of nitrogens with one attached hydrogen (secondary N) is 2. The van der Waals surface area contributed by atoms with E-state index in [0.717, 1.165) is 36.2 Å². The minimum absolute atomic E-state index is 0.0694. The molecule has 9 heteroatoms. The number of anilines is 1. The van der Waals surface area contributed by atoms with E-state index in [-0.39, 0.29) is 4.90 Å². The van der Waals surface area contributed by atoms with Crippen molar-refractivity contribution in [2.24, 2.45) is 11.1 Å². The summed E-state index contributed by atoms with van der Waals surface area (Å²) in [5, 5.41) is 12.0. The quantitative estimate of drug-likeness (QED) is 0.598. The molecule has 28 heavy (non-hydrogen) atoms. The van der Waals surface area contributed by atoms with Crippen molar-refractivity contribution in [3.63, 3.8) is 0 Å². The van der Waals surface area contributed by atoms with Crippen LogP contribution in [-0.2, 0) is 10.0 Å². The number of pyridine rings is 1. The number of primary sulfonamides is 1. The number of sulfonamides is 1. The highest BCUT2D eigenvalue weighted by molar-refractivity contribution is 7.89. The van der Waals surface area contributed by atoms with Gasteiger partial charge in [-0.1, -0.05) is 12.1 Å². The van der Waals surface area contributed by atoms with Crippen molar-refractivity contribution in [1.82, 2.24) is 20.3 Å². The molecule has 0 aliphatic carbocycles. The maximum atomic E-state index is 11.5. The second-order valence-electron chi connectivity index (χ2n) is 6.94. The van der Waals surface area contributed by atoms with Gasteiger partial charge in [0, 0.05) is 24.5 Å². The summed E-state index contributed by atoms with van der Waals surface area (Å²) in [6.45, 7) is 2.87. The lowest BCUT2D eigenvalue weighted by molar-refractivity contribution is 0.392. The molecule has 1 aliphatic heterocycles. The molecule has 1 aliphatic rings. The van der Waals surface area contributed by atoms with E-state index in [9.17, 15) is 8.42 Å². The monoisotopic (exact) mass is 398 g/mol. The largest absolute Gasteiger partial charge is 0.368 e. The molecule has 1 atom stereocenters. The van der Waals surface area contributed by atoms with Crippen molar-refractivity contribution in [3.8, 4) is 11.3 Å². The van der Waals surface area contributed by atoms with E-state index in [0.29, 0.717) is 17.4 Å². The highest BCUT2D eigenvalue weighted by atomic mass is 32.2. The molecule has 0 bridgehead atoms. The van der Waals surface area contributed by atoms with Crippen LogP contribution in [0.25, 0.3) is 22.3 Å². The lowest BCUT2D eigenvalue weighted by atomic mass is 10.00. The van der Waals surface area contributed by atoms with Gasteiger partial charge in [-0.25, -0.2) is 23.5 Å². The Morgan fingerprint density at radius 1 is 1.18 bits per heavy atom. The molecule has 0 spiro atoms. The summed E-state index contributed by atoms with van der Waals surface area (Å²) in [4.78, 5) is 13.6. The number of aromatic nitrogens is 3. The van der Waals surface area contributed by atoms with Crippen LogP contribution in [-0.4, -0.2) is 43.0 Å². The summed E-state index contributed by atoms with van der Waals surface area (Å²) in [5.74, 6) is 1.22. The fourth-order valence-corrected chi connectivity index (χ4v) is 3.91. The van der Waals surface area contributed by atoms with E-state index in [1.807, 2.05) is 6.07 Å². The van der Waals surface area contributed by atoms with E-state index in [1.165, 1.54) is 25.0 Å². The summed E-state index contributed by atoms with van der Waals surface area (Å²) in [5.41, 5.74) is 2.92. The number of rotatable bonds is 5. The molecule has 0 radical (unpaired) electrons. The van der Waals surface area contributed by atoms with Crippen molar-refractivity contribution in [2.45, 2.75) is 17.7 Å². The molecule has 0 amide bonds. The fourth-order valence-electron chi connectivity index (χ4n) is 3.40. The number of nitrogens with zero attached hydrogens (tertiary/aromatic N) is 3. The van der Waals surface area contributed by atoms with Crippen LogP contribution in [0.3, 0.4) is 0 Å². The van der Waals surface area contributed by atoms with E-state index in [4.69, 9.17) is 10.1 Å². The van der Waals surface area contributed by atoms with Crippen LogP contribution in [0.15, 0.2) is 47.6 Å². The molecule has 0 saturated carbocycles. The molecule has 1 unspecified atom stereocenters. The van der Waals surface area contributed by atoms with Gasteiger partial charge in [0.15, 0.2) is 5.82 Å². The minimum atomic E-state index is -3.73. The molecule has 2 aromatic heterocycles. The van der Waals surface area contributed by atoms with Crippen LogP contribution < -0.4 is 15.8 Å². The zero-order valence-corrected chi connectivity index (χ0v) is 16.1. The Morgan fingerprint density at radius 2 is 1.96 bits per heavy atom.